The molecular formula is C17H19N3O2. The fourth-order valence-corrected chi connectivity index (χ4v) is 2.72. The Kier molecular flexibility index (Phi) is 3.96. The monoisotopic (exact) mass is 297 g/mol. The van der Waals surface area contributed by atoms with Gasteiger partial charge in [-0.25, -0.2) is 0 Å². The fraction of sp³-hybridized carbons (Fsp3) is 0.294. The van der Waals surface area contributed by atoms with Crippen LogP contribution in [0.5, 0.6) is 0 Å². The molecule has 0 radical (unpaired) electrons. The van der Waals surface area contributed by atoms with Crippen LogP contribution in [0.15, 0.2) is 47.4 Å². The van der Waals surface area contributed by atoms with E-state index in [0.29, 0.717) is 13.1 Å². The van der Waals surface area contributed by atoms with E-state index in [9.17, 15) is 9.59 Å². The summed E-state index contributed by atoms with van der Waals surface area (Å²) in [5, 5.41) is 0. The molecule has 22 heavy (non-hydrogen) atoms. The molecule has 0 atom stereocenters. The number of hydrogen-bond acceptors (Lipinski definition) is 3. The Labute approximate surface area is 129 Å². The van der Waals surface area contributed by atoms with Crippen LogP contribution >= 0.6 is 0 Å². The van der Waals surface area contributed by atoms with Crippen molar-refractivity contribution < 1.29 is 4.79 Å². The number of anilines is 1. The Hall–Kier alpha value is -2.56. The molecule has 2 heterocycles. The second-order valence-electron chi connectivity index (χ2n) is 5.51. The largest absolute Gasteiger partial charge is 0.368 e. The van der Waals surface area contributed by atoms with Gasteiger partial charge in [-0.3, -0.25) is 9.59 Å². The summed E-state index contributed by atoms with van der Waals surface area (Å²) in [5.74, 6) is -0.186. The lowest BCUT2D eigenvalue weighted by atomic mass is 10.2. The highest BCUT2D eigenvalue weighted by molar-refractivity contribution is 5.94. The lowest BCUT2D eigenvalue weighted by Crippen LogP contribution is -2.49. The Morgan fingerprint density at radius 2 is 1.77 bits per heavy atom. The van der Waals surface area contributed by atoms with Crippen LogP contribution in [0, 0.1) is 6.92 Å². The fourth-order valence-electron chi connectivity index (χ4n) is 2.72. The molecule has 0 spiro atoms. The van der Waals surface area contributed by atoms with Gasteiger partial charge in [0.05, 0.1) is 0 Å². The summed E-state index contributed by atoms with van der Waals surface area (Å²) in [5.41, 5.74) is 1.93. The molecule has 1 aliphatic rings. The van der Waals surface area contributed by atoms with Crippen molar-refractivity contribution in [3.63, 3.8) is 0 Å². The summed E-state index contributed by atoms with van der Waals surface area (Å²) in [4.78, 5) is 31.3. The van der Waals surface area contributed by atoms with Gasteiger partial charge in [0.15, 0.2) is 5.43 Å². The molecule has 0 unspecified atom stereocenters. The maximum absolute atomic E-state index is 12.5. The molecule has 5 heteroatoms. The van der Waals surface area contributed by atoms with E-state index in [0.717, 1.165) is 18.8 Å². The first-order valence-corrected chi connectivity index (χ1v) is 7.44. The Morgan fingerprint density at radius 3 is 2.41 bits per heavy atom. The van der Waals surface area contributed by atoms with Crippen molar-refractivity contribution in [3.05, 3.63) is 64.1 Å². The summed E-state index contributed by atoms with van der Waals surface area (Å²) in [6.07, 6.45) is 1.52. The SMILES string of the molecule is Cc1cc(=O)c(C(=O)N2CCN(c3ccccc3)CC2)c[nH]1. The molecule has 0 aliphatic carbocycles. The first-order valence-electron chi connectivity index (χ1n) is 7.44. The van der Waals surface area contributed by atoms with Crippen LogP contribution in [0.25, 0.3) is 0 Å². The molecule has 1 N–H and O–H groups in total. The van der Waals surface area contributed by atoms with Crippen LogP contribution in [-0.4, -0.2) is 42.0 Å². The Balaban J connectivity index is 1.68. The normalized spacial score (nSPS) is 15.0. The zero-order chi connectivity index (χ0) is 15.5. The van der Waals surface area contributed by atoms with Gasteiger partial charge in [0.1, 0.15) is 5.56 Å². The van der Waals surface area contributed by atoms with Gasteiger partial charge in [0, 0.05) is 49.8 Å². The molecule has 2 aromatic rings. The van der Waals surface area contributed by atoms with E-state index >= 15 is 0 Å². The van der Waals surface area contributed by atoms with Crippen LogP contribution in [0.2, 0.25) is 0 Å². The third-order valence-corrected chi connectivity index (χ3v) is 3.98. The van der Waals surface area contributed by atoms with Crippen molar-refractivity contribution in [1.29, 1.82) is 0 Å². The number of carbonyl (C=O) groups excluding carboxylic acids is 1. The molecule has 0 saturated carbocycles. The van der Waals surface area contributed by atoms with Crippen LogP contribution in [0.3, 0.4) is 0 Å². The van der Waals surface area contributed by atoms with Gasteiger partial charge >= 0.3 is 0 Å². The van der Waals surface area contributed by atoms with E-state index in [1.54, 1.807) is 11.8 Å². The van der Waals surface area contributed by atoms with Gasteiger partial charge in [-0.1, -0.05) is 18.2 Å². The van der Waals surface area contributed by atoms with E-state index in [1.165, 1.54) is 18.0 Å². The molecule has 1 aromatic heterocycles. The number of piperazine rings is 1. The van der Waals surface area contributed by atoms with Crippen molar-refractivity contribution >= 4 is 11.6 Å². The predicted molar refractivity (Wildman–Crippen MR) is 86.4 cm³/mol. The van der Waals surface area contributed by atoms with Crippen LogP contribution in [0.1, 0.15) is 16.1 Å². The molecule has 114 valence electrons. The minimum Gasteiger partial charge on any atom is -0.368 e. The topological polar surface area (TPSA) is 56.4 Å². The maximum Gasteiger partial charge on any atom is 0.259 e. The van der Waals surface area contributed by atoms with Crippen molar-refractivity contribution in [2.75, 3.05) is 31.1 Å². The van der Waals surface area contributed by atoms with Crippen molar-refractivity contribution in [1.82, 2.24) is 9.88 Å². The molecule has 1 aromatic carbocycles. The minimum absolute atomic E-state index is 0.186. The minimum atomic E-state index is -0.216. The van der Waals surface area contributed by atoms with Gasteiger partial charge < -0.3 is 14.8 Å². The number of nitrogens with one attached hydrogen (secondary N) is 1. The van der Waals surface area contributed by atoms with E-state index in [2.05, 4.69) is 22.0 Å². The third kappa shape index (κ3) is 2.88. The number of aromatic amines is 1. The number of H-pyrrole nitrogens is 1. The van der Waals surface area contributed by atoms with Gasteiger partial charge in [0.2, 0.25) is 0 Å². The van der Waals surface area contributed by atoms with Crippen LogP contribution in [-0.2, 0) is 0 Å². The molecule has 0 bridgehead atoms. The van der Waals surface area contributed by atoms with E-state index in [1.807, 2.05) is 18.2 Å². The third-order valence-electron chi connectivity index (χ3n) is 3.98. The quantitative estimate of drug-likeness (QED) is 0.917. The van der Waals surface area contributed by atoms with Crippen LogP contribution < -0.4 is 10.3 Å². The number of rotatable bonds is 2. The summed E-state index contributed by atoms with van der Waals surface area (Å²) < 4.78 is 0. The maximum atomic E-state index is 12.5. The zero-order valence-electron chi connectivity index (χ0n) is 12.6. The smallest absolute Gasteiger partial charge is 0.259 e. The highest BCUT2D eigenvalue weighted by Crippen LogP contribution is 2.16. The second kappa shape index (κ2) is 6.05. The number of amides is 1. The van der Waals surface area contributed by atoms with Crippen molar-refractivity contribution in [3.8, 4) is 0 Å². The number of aromatic nitrogens is 1. The molecular weight excluding hydrogens is 278 g/mol. The molecule has 3 rings (SSSR count). The van der Waals surface area contributed by atoms with Gasteiger partial charge in [-0.05, 0) is 19.1 Å². The van der Waals surface area contributed by atoms with E-state index < -0.39 is 0 Å². The zero-order valence-corrected chi connectivity index (χ0v) is 12.6. The molecule has 1 amide bonds. The number of pyridine rings is 1. The van der Waals surface area contributed by atoms with Crippen molar-refractivity contribution in [2.45, 2.75) is 6.92 Å². The Bertz CT molecular complexity index is 716. The molecule has 1 saturated heterocycles. The summed E-state index contributed by atoms with van der Waals surface area (Å²) in [7, 11) is 0. The lowest BCUT2D eigenvalue weighted by molar-refractivity contribution is 0.0745. The average molecular weight is 297 g/mol. The second-order valence-corrected chi connectivity index (χ2v) is 5.51. The number of hydrogen-bond donors (Lipinski definition) is 1. The molecule has 1 fully saturated rings. The lowest BCUT2D eigenvalue weighted by Gasteiger charge is -2.36. The Morgan fingerprint density at radius 1 is 1.09 bits per heavy atom. The average Bonchev–Trinajstić information content (AvgIpc) is 2.55. The first-order chi connectivity index (χ1) is 10.6. The first kappa shape index (κ1) is 14.4. The van der Waals surface area contributed by atoms with Gasteiger partial charge in [0.25, 0.3) is 5.91 Å². The standard InChI is InChI=1S/C17H19N3O2/c1-13-11-16(21)15(12-18-13)17(22)20-9-7-19(8-10-20)14-5-3-2-4-6-14/h2-6,11-12H,7-10H2,1H3,(H,18,21). The van der Waals surface area contributed by atoms with Gasteiger partial charge in [-0.15, -0.1) is 0 Å². The number of para-hydroxylation sites is 1. The van der Waals surface area contributed by atoms with Crippen molar-refractivity contribution in [2.24, 2.45) is 0 Å². The van der Waals surface area contributed by atoms with Gasteiger partial charge in [-0.2, -0.15) is 0 Å². The summed E-state index contributed by atoms with van der Waals surface area (Å²) in [6.45, 7) is 4.61. The highest BCUT2D eigenvalue weighted by atomic mass is 16.2. The number of benzene rings is 1. The molecule has 5 nitrogen and oxygen atoms in total. The molecule has 1 aliphatic heterocycles. The summed E-state index contributed by atoms with van der Waals surface area (Å²) >= 11 is 0. The number of carbonyl (C=O) groups is 1. The van der Waals surface area contributed by atoms with Crippen LogP contribution in [0.4, 0.5) is 5.69 Å². The highest BCUT2D eigenvalue weighted by Gasteiger charge is 2.23. The number of nitrogens with zero attached hydrogens (tertiary/aromatic N) is 2. The van der Waals surface area contributed by atoms with E-state index in [4.69, 9.17) is 0 Å². The summed E-state index contributed by atoms with van der Waals surface area (Å²) in [6, 6.07) is 11.6. The van der Waals surface area contributed by atoms with E-state index in [-0.39, 0.29) is 16.9 Å². The number of aryl methyl sites for hydroxylation is 1. The predicted octanol–water partition coefficient (Wildman–Crippen LogP) is 1.65.